The molecule has 2 fully saturated rings. The second-order valence-electron chi connectivity index (χ2n) is 7.38. The summed E-state index contributed by atoms with van der Waals surface area (Å²) in [6, 6.07) is 0. The number of carbonyl (C=O) groups excluding carboxylic acids is 1. The zero-order valence-corrected chi connectivity index (χ0v) is 14.3. The fourth-order valence-corrected chi connectivity index (χ4v) is 3.58. The SMILES string of the molecule is CCC1(C)NC(CC(C)C)N(CCCN2CCCC2)C1=O. The lowest BCUT2D eigenvalue weighted by Crippen LogP contribution is -2.44. The Morgan fingerprint density at radius 2 is 1.95 bits per heavy atom. The molecule has 2 aliphatic rings. The standard InChI is InChI=1S/C17H33N3O/c1-5-17(4)16(21)20(15(18-17)13-14(2)3)12-8-11-19-9-6-7-10-19/h14-15,18H,5-13H2,1-4H3. The number of rotatable bonds is 7. The second kappa shape index (κ2) is 7.10. The van der Waals surface area contributed by atoms with Gasteiger partial charge in [-0.2, -0.15) is 0 Å². The van der Waals surface area contributed by atoms with Gasteiger partial charge in [0, 0.05) is 6.54 Å². The minimum absolute atomic E-state index is 0.223. The molecule has 1 amide bonds. The molecule has 0 aromatic rings. The maximum absolute atomic E-state index is 12.7. The van der Waals surface area contributed by atoms with Gasteiger partial charge >= 0.3 is 0 Å². The van der Waals surface area contributed by atoms with E-state index in [4.69, 9.17) is 0 Å². The van der Waals surface area contributed by atoms with Crippen LogP contribution in [0.15, 0.2) is 0 Å². The summed E-state index contributed by atoms with van der Waals surface area (Å²) in [5.41, 5.74) is -0.354. The van der Waals surface area contributed by atoms with Crippen molar-refractivity contribution < 1.29 is 4.79 Å². The maximum atomic E-state index is 12.7. The molecule has 2 unspecified atom stereocenters. The molecule has 0 saturated carbocycles. The molecule has 0 aromatic carbocycles. The van der Waals surface area contributed by atoms with Gasteiger partial charge in [0.25, 0.3) is 0 Å². The van der Waals surface area contributed by atoms with Gasteiger partial charge in [-0.3, -0.25) is 10.1 Å². The summed E-state index contributed by atoms with van der Waals surface area (Å²) in [7, 11) is 0. The maximum Gasteiger partial charge on any atom is 0.243 e. The summed E-state index contributed by atoms with van der Waals surface area (Å²) < 4.78 is 0. The molecule has 2 heterocycles. The lowest BCUT2D eigenvalue weighted by Gasteiger charge is -2.26. The molecule has 1 N–H and O–H groups in total. The molecule has 0 aromatic heterocycles. The first-order valence-corrected chi connectivity index (χ1v) is 8.77. The summed E-state index contributed by atoms with van der Waals surface area (Å²) >= 11 is 0. The molecule has 2 rings (SSSR count). The third-order valence-electron chi connectivity index (χ3n) is 5.07. The van der Waals surface area contributed by atoms with Crippen LogP contribution in [0.2, 0.25) is 0 Å². The monoisotopic (exact) mass is 295 g/mol. The van der Waals surface area contributed by atoms with Gasteiger partial charge in [-0.1, -0.05) is 20.8 Å². The molecule has 21 heavy (non-hydrogen) atoms. The highest BCUT2D eigenvalue weighted by Gasteiger charge is 2.46. The normalized spacial score (nSPS) is 30.8. The Kier molecular flexibility index (Phi) is 5.67. The van der Waals surface area contributed by atoms with Crippen molar-refractivity contribution in [1.29, 1.82) is 0 Å². The molecule has 0 bridgehead atoms. The van der Waals surface area contributed by atoms with E-state index in [-0.39, 0.29) is 11.7 Å². The van der Waals surface area contributed by atoms with Crippen molar-refractivity contribution in [3.8, 4) is 0 Å². The Balaban J connectivity index is 1.90. The van der Waals surface area contributed by atoms with Crippen LogP contribution in [0.4, 0.5) is 0 Å². The number of carbonyl (C=O) groups is 1. The van der Waals surface area contributed by atoms with Gasteiger partial charge in [0.2, 0.25) is 5.91 Å². The first-order valence-electron chi connectivity index (χ1n) is 8.77. The molecular weight excluding hydrogens is 262 g/mol. The van der Waals surface area contributed by atoms with E-state index in [1.165, 1.54) is 25.9 Å². The van der Waals surface area contributed by atoms with Crippen LogP contribution in [0.25, 0.3) is 0 Å². The Morgan fingerprint density at radius 3 is 2.52 bits per heavy atom. The van der Waals surface area contributed by atoms with E-state index in [1.807, 2.05) is 0 Å². The van der Waals surface area contributed by atoms with Gasteiger partial charge < -0.3 is 9.80 Å². The smallest absolute Gasteiger partial charge is 0.243 e. The van der Waals surface area contributed by atoms with Crippen molar-refractivity contribution in [2.75, 3.05) is 26.2 Å². The number of amides is 1. The molecule has 2 aliphatic heterocycles. The summed E-state index contributed by atoms with van der Waals surface area (Å²) in [5, 5.41) is 3.59. The van der Waals surface area contributed by atoms with Crippen LogP contribution in [0.5, 0.6) is 0 Å². The van der Waals surface area contributed by atoms with Gasteiger partial charge in [-0.05, 0) is 64.6 Å². The largest absolute Gasteiger partial charge is 0.325 e. The van der Waals surface area contributed by atoms with Crippen molar-refractivity contribution in [2.24, 2.45) is 5.92 Å². The van der Waals surface area contributed by atoms with Crippen molar-refractivity contribution >= 4 is 5.91 Å². The van der Waals surface area contributed by atoms with E-state index in [0.717, 1.165) is 32.4 Å². The van der Waals surface area contributed by atoms with E-state index in [9.17, 15) is 4.79 Å². The highest BCUT2D eigenvalue weighted by Crippen LogP contribution is 2.27. The van der Waals surface area contributed by atoms with Gasteiger partial charge in [0.1, 0.15) is 0 Å². The fourth-order valence-electron chi connectivity index (χ4n) is 3.58. The first-order chi connectivity index (χ1) is 9.96. The van der Waals surface area contributed by atoms with Crippen molar-refractivity contribution in [2.45, 2.75) is 71.5 Å². The molecule has 0 spiro atoms. The quantitative estimate of drug-likeness (QED) is 0.783. The molecule has 0 aliphatic carbocycles. The summed E-state index contributed by atoms with van der Waals surface area (Å²) in [4.78, 5) is 17.4. The lowest BCUT2D eigenvalue weighted by molar-refractivity contribution is -0.133. The fraction of sp³-hybridized carbons (Fsp3) is 0.941. The van der Waals surface area contributed by atoms with Crippen LogP contribution in [-0.2, 0) is 4.79 Å². The van der Waals surface area contributed by atoms with Crippen LogP contribution >= 0.6 is 0 Å². The van der Waals surface area contributed by atoms with Crippen LogP contribution < -0.4 is 5.32 Å². The third-order valence-corrected chi connectivity index (χ3v) is 5.07. The zero-order valence-electron chi connectivity index (χ0n) is 14.3. The van der Waals surface area contributed by atoms with E-state index in [1.54, 1.807) is 0 Å². The highest BCUT2D eigenvalue weighted by molar-refractivity contribution is 5.88. The average molecular weight is 295 g/mol. The molecule has 4 nitrogen and oxygen atoms in total. The molecule has 2 atom stereocenters. The molecule has 4 heteroatoms. The number of likely N-dealkylation sites (tertiary alicyclic amines) is 1. The topological polar surface area (TPSA) is 35.6 Å². The van der Waals surface area contributed by atoms with Crippen LogP contribution in [0.1, 0.15) is 59.8 Å². The van der Waals surface area contributed by atoms with Gasteiger partial charge in [-0.15, -0.1) is 0 Å². The minimum Gasteiger partial charge on any atom is -0.325 e. The van der Waals surface area contributed by atoms with Crippen molar-refractivity contribution in [3.05, 3.63) is 0 Å². The van der Waals surface area contributed by atoms with E-state index in [0.29, 0.717) is 11.8 Å². The van der Waals surface area contributed by atoms with E-state index < -0.39 is 0 Å². The number of nitrogens with zero attached hydrogens (tertiary/aromatic N) is 2. The van der Waals surface area contributed by atoms with Crippen LogP contribution in [-0.4, -0.2) is 53.6 Å². The number of hydrogen-bond donors (Lipinski definition) is 1. The first kappa shape index (κ1) is 16.8. The van der Waals surface area contributed by atoms with Crippen LogP contribution in [0.3, 0.4) is 0 Å². The predicted octanol–water partition coefficient (Wildman–Crippen LogP) is 2.45. The number of hydrogen-bond acceptors (Lipinski definition) is 3. The van der Waals surface area contributed by atoms with E-state index >= 15 is 0 Å². The van der Waals surface area contributed by atoms with E-state index in [2.05, 4.69) is 42.8 Å². The Bertz CT molecular complexity index is 352. The minimum atomic E-state index is -0.354. The Hall–Kier alpha value is -0.610. The molecule has 2 saturated heterocycles. The van der Waals surface area contributed by atoms with Gasteiger partial charge in [0.15, 0.2) is 0 Å². The second-order valence-corrected chi connectivity index (χ2v) is 7.38. The predicted molar refractivity (Wildman–Crippen MR) is 87.1 cm³/mol. The highest BCUT2D eigenvalue weighted by atomic mass is 16.2. The Labute approximate surface area is 130 Å². The van der Waals surface area contributed by atoms with Gasteiger partial charge in [-0.25, -0.2) is 0 Å². The Morgan fingerprint density at radius 1 is 1.29 bits per heavy atom. The summed E-state index contributed by atoms with van der Waals surface area (Å²) in [6.45, 7) is 13.2. The van der Waals surface area contributed by atoms with Crippen LogP contribution in [0, 0.1) is 5.92 Å². The van der Waals surface area contributed by atoms with Gasteiger partial charge in [0.05, 0.1) is 11.7 Å². The molecule has 0 radical (unpaired) electrons. The average Bonchev–Trinajstić information content (AvgIpc) is 3.01. The third kappa shape index (κ3) is 3.98. The van der Waals surface area contributed by atoms with Crippen molar-refractivity contribution in [1.82, 2.24) is 15.1 Å². The molecular formula is C17H33N3O. The zero-order chi connectivity index (χ0) is 15.5. The number of nitrogens with one attached hydrogen (secondary N) is 1. The summed E-state index contributed by atoms with van der Waals surface area (Å²) in [5.74, 6) is 0.910. The molecule has 122 valence electrons. The van der Waals surface area contributed by atoms with Crippen molar-refractivity contribution in [3.63, 3.8) is 0 Å². The lowest BCUT2D eigenvalue weighted by atomic mass is 9.99. The summed E-state index contributed by atoms with van der Waals surface area (Å²) in [6.07, 6.45) is 5.92.